The molecule has 4 heteroatoms. The fourth-order valence-corrected chi connectivity index (χ4v) is 1.31. The second-order valence-electron chi connectivity index (χ2n) is 2.90. The van der Waals surface area contributed by atoms with Crippen LogP contribution in [0.2, 0.25) is 0 Å². The molecule has 2 atom stereocenters. The van der Waals surface area contributed by atoms with Gasteiger partial charge >= 0.3 is 0 Å². The average molecular weight is 232 g/mol. The normalized spacial score (nSPS) is 16.0. The van der Waals surface area contributed by atoms with Crippen molar-refractivity contribution < 1.29 is 0 Å². The first-order valence-corrected chi connectivity index (χ1v) is 5.10. The lowest BCUT2D eigenvalue weighted by Crippen LogP contribution is -2.12. The third-order valence-corrected chi connectivity index (χ3v) is 2.83. The summed E-state index contributed by atoms with van der Waals surface area (Å²) in [7, 11) is 0. The summed E-state index contributed by atoms with van der Waals surface area (Å²) in [4.78, 5) is 4.67. The van der Waals surface area contributed by atoms with Gasteiger partial charge in [0, 0.05) is 17.3 Å². The maximum absolute atomic E-state index is 4.23. The number of halogens is 1. The van der Waals surface area contributed by atoms with Gasteiger partial charge in [-0.1, -0.05) is 29.8 Å². The second-order valence-corrected chi connectivity index (χ2v) is 4.34. The first kappa shape index (κ1) is 9.71. The molecule has 0 radical (unpaired) electrons. The Hall–Kier alpha value is -0.380. The fourth-order valence-electron chi connectivity index (χ4n) is 1.07. The van der Waals surface area contributed by atoms with Gasteiger partial charge in [-0.2, -0.15) is 5.10 Å². The van der Waals surface area contributed by atoms with E-state index in [9.17, 15) is 0 Å². The zero-order chi connectivity index (χ0) is 9.14. The summed E-state index contributed by atoms with van der Waals surface area (Å²) in [6.07, 6.45) is 1.62. The summed E-state index contributed by atoms with van der Waals surface area (Å²) in [5.41, 5.74) is 0. The van der Waals surface area contributed by atoms with Gasteiger partial charge in [-0.15, -0.1) is 0 Å². The van der Waals surface area contributed by atoms with Crippen LogP contribution in [0.15, 0.2) is 6.33 Å². The van der Waals surface area contributed by atoms with Crippen LogP contribution in [-0.4, -0.2) is 19.6 Å². The van der Waals surface area contributed by atoms with E-state index in [-0.39, 0.29) is 0 Å². The Morgan fingerprint density at radius 2 is 2.25 bits per heavy atom. The van der Waals surface area contributed by atoms with E-state index in [0.29, 0.717) is 10.7 Å². The van der Waals surface area contributed by atoms with Crippen molar-refractivity contribution in [2.24, 2.45) is 0 Å². The van der Waals surface area contributed by atoms with E-state index in [0.717, 1.165) is 12.4 Å². The highest BCUT2D eigenvalue weighted by molar-refractivity contribution is 9.09. The number of nitrogens with zero attached hydrogens (tertiary/aromatic N) is 3. The van der Waals surface area contributed by atoms with Crippen molar-refractivity contribution in [3.8, 4) is 0 Å². The largest absolute Gasteiger partial charge is 0.250 e. The number of aryl methyl sites for hydroxylation is 1. The Morgan fingerprint density at radius 3 is 2.75 bits per heavy atom. The molecule has 0 saturated carbocycles. The third-order valence-electron chi connectivity index (χ3n) is 2.04. The van der Waals surface area contributed by atoms with Gasteiger partial charge in [0.05, 0.1) is 0 Å². The van der Waals surface area contributed by atoms with Crippen LogP contribution >= 0.6 is 15.9 Å². The van der Waals surface area contributed by atoms with Gasteiger partial charge in [0.25, 0.3) is 0 Å². The van der Waals surface area contributed by atoms with Gasteiger partial charge in [-0.3, -0.25) is 4.68 Å². The van der Waals surface area contributed by atoms with E-state index in [2.05, 4.69) is 46.8 Å². The summed E-state index contributed by atoms with van der Waals surface area (Å²) in [6, 6.07) is 0. The number of rotatable bonds is 3. The van der Waals surface area contributed by atoms with Gasteiger partial charge in [0.1, 0.15) is 12.2 Å². The zero-order valence-corrected chi connectivity index (χ0v) is 9.24. The molecule has 2 unspecified atom stereocenters. The Balaban J connectivity index is 2.86. The van der Waals surface area contributed by atoms with E-state index in [1.54, 1.807) is 6.33 Å². The van der Waals surface area contributed by atoms with E-state index in [1.807, 2.05) is 4.68 Å². The summed E-state index contributed by atoms with van der Waals surface area (Å²) >= 11 is 3.54. The van der Waals surface area contributed by atoms with Crippen molar-refractivity contribution in [2.75, 3.05) is 0 Å². The molecule has 0 fully saturated rings. The lowest BCUT2D eigenvalue weighted by molar-refractivity contribution is 0.570. The Labute approximate surface area is 81.3 Å². The lowest BCUT2D eigenvalue weighted by atomic mass is 10.1. The molecule has 0 amide bonds. The average Bonchev–Trinajstić information content (AvgIpc) is 2.49. The summed E-state index contributed by atoms with van der Waals surface area (Å²) in [5.74, 6) is 1.47. The number of aromatic nitrogens is 3. The van der Waals surface area contributed by atoms with Crippen molar-refractivity contribution in [1.29, 1.82) is 0 Å². The Bertz CT molecular complexity index is 244. The van der Waals surface area contributed by atoms with Crippen molar-refractivity contribution in [3.05, 3.63) is 12.2 Å². The summed E-state index contributed by atoms with van der Waals surface area (Å²) < 4.78 is 1.93. The molecule has 0 N–H and O–H groups in total. The van der Waals surface area contributed by atoms with E-state index in [4.69, 9.17) is 0 Å². The van der Waals surface area contributed by atoms with Crippen molar-refractivity contribution >= 4 is 15.9 Å². The highest BCUT2D eigenvalue weighted by Crippen LogP contribution is 2.21. The molecule has 0 bridgehead atoms. The zero-order valence-electron chi connectivity index (χ0n) is 7.66. The molecular weight excluding hydrogens is 218 g/mol. The molecule has 1 aromatic rings. The van der Waals surface area contributed by atoms with Crippen LogP contribution in [0.25, 0.3) is 0 Å². The van der Waals surface area contributed by atoms with Crippen LogP contribution in [-0.2, 0) is 6.54 Å². The molecule has 0 spiro atoms. The predicted octanol–water partition coefficient (Wildman–Crippen LogP) is 2.18. The molecule has 3 nitrogen and oxygen atoms in total. The van der Waals surface area contributed by atoms with E-state index >= 15 is 0 Å². The van der Waals surface area contributed by atoms with Crippen molar-refractivity contribution in [3.63, 3.8) is 0 Å². The first-order valence-electron chi connectivity index (χ1n) is 4.18. The standard InChI is InChI=1S/C8H14BrN3/c1-4-12-8(10-5-11-12)6(2)7(3)9/h5-7H,4H2,1-3H3. The van der Waals surface area contributed by atoms with Crippen LogP contribution in [0.1, 0.15) is 32.5 Å². The molecule has 12 heavy (non-hydrogen) atoms. The highest BCUT2D eigenvalue weighted by atomic mass is 79.9. The smallest absolute Gasteiger partial charge is 0.138 e. The minimum absolute atomic E-state index is 0.410. The number of hydrogen-bond donors (Lipinski definition) is 0. The predicted molar refractivity (Wildman–Crippen MR) is 52.5 cm³/mol. The van der Waals surface area contributed by atoms with Crippen LogP contribution < -0.4 is 0 Å². The quantitative estimate of drug-likeness (QED) is 0.748. The van der Waals surface area contributed by atoms with Gasteiger partial charge in [0.2, 0.25) is 0 Å². The van der Waals surface area contributed by atoms with E-state index < -0.39 is 0 Å². The van der Waals surface area contributed by atoms with Crippen LogP contribution in [0.4, 0.5) is 0 Å². The van der Waals surface area contributed by atoms with Crippen molar-refractivity contribution in [2.45, 2.75) is 38.1 Å². The minimum Gasteiger partial charge on any atom is -0.250 e. The SMILES string of the molecule is CCn1ncnc1C(C)C(C)Br. The van der Waals surface area contributed by atoms with Gasteiger partial charge in [-0.25, -0.2) is 4.98 Å². The first-order chi connectivity index (χ1) is 5.66. The molecule has 1 aromatic heterocycles. The summed E-state index contributed by atoms with van der Waals surface area (Å²) in [5, 5.41) is 4.12. The molecule has 0 aromatic carbocycles. The maximum atomic E-state index is 4.23. The maximum Gasteiger partial charge on any atom is 0.138 e. The molecule has 1 rings (SSSR count). The van der Waals surface area contributed by atoms with Crippen molar-refractivity contribution in [1.82, 2.24) is 14.8 Å². The molecular formula is C8H14BrN3. The monoisotopic (exact) mass is 231 g/mol. The molecule has 0 aliphatic carbocycles. The van der Waals surface area contributed by atoms with Gasteiger partial charge in [0.15, 0.2) is 0 Å². The summed E-state index contributed by atoms with van der Waals surface area (Å²) in [6.45, 7) is 7.23. The topological polar surface area (TPSA) is 30.7 Å². The van der Waals surface area contributed by atoms with E-state index in [1.165, 1.54) is 0 Å². The molecule has 0 aliphatic rings. The highest BCUT2D eigenvalue weighted by Gasteiger charge is 2.16. The molecule has 68 valence electrons. The Morgan fingerprint density at radius 1 is 1.58 bits per heavy atom. The lowest BCUT2D eigenvalue weighted by Gasteiger charge is -2.13. The van der Waals surface area contributed by atoms with Crippen LogP contribution in [0.3, 0.4) is 0 Å². The number of alkyl halides is 1. The van der Waals surface area contributed by atoms with Gasteiger partial charge < -0.3 is 0 Å². The third kappa shape index (κ3) is 1.86. The van der Waals surface area contributed by atoms with Crippen LogP contribution in [0, 0.1) is 0 Å². The second kappa shape index (κ2) is 4.03. The fraction of sp³-hybridized carbons (Fsp3) is 0.750. The van der Waals surface area contributed by atoms with Crippen LogP contribution in [0.5, 0.6) is 0 Å². The Kier molecular flexibility index (Phi) is 3.26. The van der Waals surface area contributed by atoms with Gasteiger partial charge in [-0.05, 0) is 6.92 Å². The minimum atomic E-state index is 0.410. The number of hydrogen-bond acceptors (Lipinski definition) is 2. The molecule has 1 heterocycles. The molecule has 0 aliphatic heterocycles. The molecule has 0 saturated heterocycles.